The number of rotatable bonds is 4. The fraction of sp³-hybridized carbons (Fsp3) is 0.273. The van der Waals surface area contributed by atoms with Crippen LogP contribution in [0.2, 0.25) is 0 Å². The van der Waals surface area contributed by atoms with E-state index in [9.17, 15) is 4.79 Å². The van der Waals surface area contributed by atoms with Crippen molar-refractivity contribution in [3.8, 4) is 11.5 Å². The molecule has 0 saturated carbocycles. The number of nitrogens with zero attached hydrogens (tertiary/aromatic N) is 2. The summed E-state index contributed by atoms with van der Waals surface area (Å²) in [4.78, 5) is 13.1. The Hall–Kier alpha value is -2.93. The van der Waals surface area contributed by atoms with E-state index in [4.69, 9.17) is 9.47 Å². The second-order valence-electron chi connectivity index (χ2n) is 6.90. The third kappa shape index (κ3) is 3.58. The Kier molecular flexibility index (Phi) is 5.24. The van der Waals surface area contributed by atoms with Gasteiger partial charge in [0.05, 0.1) is 25.2 Å². The average Bonchev–Trinajstić information content (AvgIpc) is 2.92. The van der Waals surface area contributed by atoms with E-state index in [1.54, 1.807) is 30.7 Å². The molecule has 1 aliphatic heterocycles. The van der Waals surface area contributed by atoms with E-state index in [1.165, 1.54) is 0 Å². The highest BCUT2D eigenvalue weighted by molar-refractivity contribution is 8.00. The number of hydrogen-bond acceptors (Lipinski definition) is 5. The van der Waals surface area contributed by atoms with E-state index in [-0.39, 0.29) is 16.4 Å². The number of carbonyl (C=O) groups excluding carboxylic acids is 1. The largest absolute Gasteiger partial charge is 0.497 e. The van der Waals surface area contributed by atoms with Crippen molar-refractivity contribution < 1.29 is 14.3 Å². The predicted molar refractivity (Wildman–Crippen MR) is 115 cm³/mol. The third-order valence-electron chi connectivity index (χ3n) is 5.12. The van der Waals surface area contributed by atoms with Crippen LogP contribution >= 0.6 is 11.8 Å². The van der Waals surface area contributed by atoms with Crippen molar-refractivity contribution in [2.24, 2.45) is 7.05 Å². The lowest BCUT2D eigenvalue weighted by Crippen LogP contribution is -2.19. The summed E-state index contributed by atoms with van der Waals surface area (Å²) in [7, 11) is 5.14. The third-order valence-corrected chi connectivity index (χ3v) is 6.66. The molecule has 4 rings (SSSR count). The van der Waals surface area contributed by atoms with E-state index >= 15 is 0 Å². The Balaban J connectivity index is 1.80. The van der Waals surface area contributed by atoms with Crippen LogP contribution in [0.3, 0.4) is 0 Å². The summed E-state index contributed by atoms with van der Waals surface area (Å²) in [5.41, 5.74) is 3.98. The van der Waals surface area contributed by atoms with Crippen LogP contribution in [0, 0.1) is 6.92 Å². The SMILES string of the molecule is COc1ccc(C2SC(c3ccc(OC)cc3)c3c(C)nn(C)c3NC2=O)cc1. The van der Waals surface area contributed by atoms with Crippen LogP contribution in [0.5, 0.6) is 11.5 Å². The van der Waals surface area contributed by atoms with E-state index in [2.05, 4.69) is 10.4 Å². The molecule has 7 heteroatoms. The Morgan fingerprint density at radius 3 is 1.97 bits per heavy atom. The van der Waals surface area contributed by atoms with E-state index < -0.39 is 0 Å². The molecule has 1 aliphatic rings. The van der Waals surface area contributed by atoms with Gasteiger partial charge in [0.25, 0.3) is 0 Å². The molecule has 150 valence electrons. The average molecular weight is 410 g/mol. The Labute approximate surface area is 174 Å². The minimum Gasteiger partial charge on any atom is -0.497 e. The molecule has 1 amide bonds. The van der Waals surface area contributed by atoms with Crippen molar-refractivity contribution in [2.45, 2.75) is 17.4 Å². The smallest absolute Gasteiger partial charge is 0.243 e. The van der Waals surface area contributed by atoms with Crippen LogP contribution in [0.25, 0.3) is 0 Å². The number of benzene rings is 2. The van der Waals surface area contributed by atoms with Gasteiger partial charge in [0, 0.05) is 12.6 Å². The predicted octanol–water partition coefficient (Wildman–Crippen LogP) is 4.26. The number of fused-ring (bicyclic) bond motifs is 1. The summed E-state index contributed by atoms with van der Waals surface area (Å²) >= 11 is 1.62. The molecule has 0 fully saturated rings. The van der Waals surface area contributed by atoms with Crippen molar-refractivity contribution in [1.82, 2.24) is 9.78 Å². The molecule has 29 heavy (non-hydrogen) atoms. The molecule has 1 aromatic heterocycles. The number of ether oxygens (including phenoxy) is 2. The van der Waals surface area contributed by atoms with Crippen LogP contribution in [-0.2, 0) is 11.8 Å². The number of nitrogens with one attached hydrogen (secondary N) is 1. The number of aromatic nitrogens is 2. The molecule has 0 bridgehead atoms. The minimum atomic E-state index is -0.361. The summed E-state index contributed by atoms with van der Waals surface area (Å²) in [5, 5.41) is 7.23. The van der Waals surface area contributed by atoms with Crippen LogP contribution in [0.15, 0.2) is 48.5 Å². The Morgan fingerprint density at radius 2 is 1.45 bits per heavy atom. The number of hydrogen-bond donors (Lipinski definition) is 1. The minimum absolute atomic E-state index is 0.0457. The van der Waals surface area contributed by atoms with Gasteiger partial charge in [-0.3, -0.25) is 9.48 Å². The molecular weight excluding hydrogens is 386 g/mol. The summed E-state index contributed by atoms with van der Waals surface area (Å²) in [5.74, 6) is 2.26. The maximum Gasteiger partial charge on any atom is 0.243 e. The first-order chi connectivity index (χ1) is 14.0. The lowest BCUT2D eigenvalue weighted by atomic mass is 10.0. The second kappa shape index (κ2) is 7.83. The topological polar surface area (TPSA) is 65.4 Å². The van der Waals surface area contributed by atoms with Gasteiger partial charge in [-0.1, -0.05) is 24.3 Å². The van der Waals surface area contributed by atoms with Gasteiger partial charge < -0.3 is 14.8 Å². The molecule has 2 heterocycles. The van der Waals surface area contributed by atoms with E-state index in [1.807, 2.05) is 62.5 Å². The molecule has 6 nitrogen and oxygen atoms in total. The lowest BCUT2D eigenvalue weighted by molar-refractivity contribution is -0.115. The fourth-order valence-corrected chi connectivity index (χ4v) is 5.12. The van der Waals surface area contributed by atoms with Gasteiger partial charge in [0.15, 0.2) is 0 Å². The fourth-order valence-electron chi connectivity index (χ4n) is 3.62. The zero-order valence-corrected chi connectivity index (χ0v) is 17.6. The molecule has 0 aliphatic carbocycles. The second-order valence-corrected chi connectivity index (χ2v) is 8.12. The van der Waals surface area contributed by atoms with Gasteiger partial charge >= 0.3 is 0 Å². The van der Waals surface area contributed by atoms with Crippen molar-refractivity contribution in [1.29, 1.82) is 0 Å². The number of methoxy groups -OCH3 is 2. The van der Waals surface area contributed by atoms with Gasteiger partial charge in [0.2, 0.25) is 5.91 Å². The number of thioether (sulfide) groups is 1. The first-order valence-electron chi connectivity index (χ1n) is 9.29. The van der Waals surface area contributed by atoms with E-state index in [0.29, 0.717) is 0 Å². The quantitative estimate of drug-likeness (QED) is 0.697. The summed E-state index contributed by atoms with van der Waals surface area (Å²) < 4.78 is 12.3. The Bertz CT molecular complexity index is 1030. The molecule has 2 aromatic carbocycles. The van der Waals surface area contributed by atoms with Gasteiger partial charge in [-0.05, 0) is 42.3 Å². The van der Waals surface area contributed by atoms with Gasteiger partial charge in [-0.2, -0.15) is 5.10 Å². The Morgan fingerprint density at radius 1 is 0.931 bits per heavy atom. The van der Waals surface area contributed by atoms with Crippen LogP contribution in [0.1, 0.15) is 32.9 Å². The zero-order chi connectivity index (χ0) is 20.5. The molecule has 1 N–H and O–H groups in total. The maximum absolute atomic E-state index is 13.1. The van der Waals surface area contributed by atoms with Crippen molar-refractivity contribution in [3.05, 3.63) is 70.9 Å². The van der Waals surface area contributed by atoms with Crippen LogP contribution in [0.4, 0.5) is 5.82 Å². The number of amides is 1. The van der Waals surface area contributed by atoms with E-state index in [0.717, 1.165) is 39.7 Å². The standard InChI is InChI=1S/C22H23N3O3S/c1-13-18-19(14-5-9-16(27-3)10-6-14)29-20(15-7-11-17(28-4)12-8-15)22(26)23-21(18)25(2)24-13/h5-12,19-20H,1-4H3,(H,23,26). The first kappa shape index (κ1) is 19.4. The number of carbonyl (C=O) groups is 1. The number of aryl methyl sites for hydroxylation is 2. The van der Waals surface area contributed by atoms with Gasteiger partial charge in [-0.15, -0.1) is 11.8 Å². The highest BCUT2D eigenvalue weighted by Gasteiger charge is 2.36. The number of anilines is 1. The molecule has 2 unspecified atom stereocenters. The maximum atomic E-state index is 13.1. The van der Waals surface area contributed by atoms with Crippen molar-refractivity contribution in [3.63, 3.8) is 0 Å². The summed E-state index contributed by atoms with van der Waals surface area (Å²) in [6, 6.07) is 15.7. The summed E-state index contributed by atoms with van der Waals surface area (Å²) in [6.45, 7) is 1.98. The van der Waals surface area contributed by atoms with Gasteiger partial charge in [0.1, 0.15) is 22.6 Å². The highest BCUT2D eigenvalue weighted by atomic mass is 32.2. The monoisotopic (exact) mass is 409 g/mol. The zero-order valence-electron chi connectivity index (χ0n) is 16.8. The molecule has 3 aromatic rings. The highest BCUT2D eigenvalue weighted by Crippen LogP contribution is 2.50. The van der Waals surface area contributed by atoms with Crippen LogP contribution < -0.4 is 14.8 Å². The lowest BCUT2D eigenvalue weighted by Gasteiger charge is -2.20. The molecule has 0 saturated heterocycles. The van der Waals surface area contributed by atoms with Crippen LogP contribution in [-0.4, -0.2) is 29.9 Å². The molecule has 2 atom stereocenters. The van der Waals surface area contributed by atoms with Crippen molar-refractivity contribution >= 4 is 23.5 Å². The molecular formula is C22H23N3O3S. The molecule has 0 radical (unpaired) electrons. The first-order valence-corrected chi connectivity index (χ1v) is 10.2. The van der Waals surface area contributed by atoms with Crippen molar-refractivity contribution in [2.75, 3.05) is 19.5 Å². The normalized spacial score (nSPS) is 18.6. The summed E-state index contributed by atoms with van der Waals surface area (Å²) in [6.07, 6.45) is 0. The molecule has 0 spiro atoms. The van der Waals surface area contributed by atoms with Gasteiger partial charge in [-0.25, -0.2) is 0 Å².